The van der Waals surface area contributed by atoms with E-state index in [0.29, 0.717) is 0 Å². The molecule has 0 saturated carbocycles. The molecule has 0 saturated heterocycles. The second kappa shape index (κ2) is 62.8. The Labute approximate surface area is 85.6 Å². The zero-order chi connectivity index (χ0) is 0. The van der Waals surface area contributed by atoms with Crippen molar-refractivity contribution in [2.45, 2.75) is 0 Å². The molecule has 0 nitrogen and oxygen atoms in total. The standard InChI is InChI=1S/4FH.Na.Tb.H/h4*1H;;;. The van der Waals surface area contributed by atoms with Gasteiger partial charge >= 0.3 is 29.6 Å². The van der Waals surface area contributed by atoms with Gasteiger partial charge in [-0.15, -0.1) is 0 Å². The van der Waals surface area contributed by atoms with Crippen molar-refractivity contribution in [3.05, 3.63) is 0 Å². The van der Waals surface area contributed by atoms with Crippen LogP contribution in [0.2, 0.25) is 0 Å². The van der Waals surface area contributed by atoms with E-state index >= 15 is 0 Å². The molecule has 0 fully saturated rings. The van der Waals surface area contributed by atoms with E-state index < -0.39 is 0 Å². The first kappa shape index (κ1) is 97.7. The van der Waals surface area contributed by atoms with Gasteiger partial charge in [0.15, 0.2) is 0 Å². The van der Waals surface area contributed by atoms with Crippen LogP contribution in [0.3, 0.4) is 0 Å². The molecular weight excluding hydrogens is 258 g/mol. The molecule has 43 valence electrons. The Hall–Kier alpha value is 2.01. The van der Waals surface area contributed by atoms with Crippen LogP contribution in [0.15, 0.2) is 0 Å². The van der Waals surface area contributed by atoms with Crippen molar-refractivity contribution in [3.8, 4) is 0 Å². The van der Waals surface area contributed by atoms with Crippen LogP contribution in [0.25, 0.3) is 0 Å². The van der Waals surface area contributed by atoms with Crippen LogP contribution in [0, 0.1) is 38.6 Å². The van der Waals surface area contributed by atoms with Crippen molar-refractivity contribution in [1.29, 1.82) is 0 Å². The largest absolute Gasteiger partial charge is 0 e. The molecule has 6 heteroatoms. The Bertz CT molecular complexity index is 7.51. The summed E-state index contributed by atoms with van der Waals surface area (Å²) in [5.41, 5.74) is 0. The molecule has 0 unspecified atom stereocenters. The normalized spacial score (nSPS) is 0. The van der Waals surface area contributed by atoms with Gasteiger partial charge in [0.25, 0.3) is 0 Å². The summed E-state index contributed by atoms with van der Waals surface area (Å²) in [5, 5.41) is 0. The average Bonchev–Trinajstić information content (AvgIpc) is 0. The molecule has 0 aliphatic heterocycles. The van der Waals surface area contributed by atoms with E-state index in [-0.39, 0.29) is 87.0 Å². The average molecular weight is 263 g/mol. The SMILES string of the molecule is F.F.F.F.[NaH].[Tb]. The van der Waals surface area contributed by atoms with E-state index in [1.54, 1.807) is 0 Å². The first-order valence-corrected chi connectivity index (χ1v) is 0. The third kappa shape index (κ3) is 37.4. The summed E-state index contributed by atoms with van der Waals surface area (Å²) in [6.45, 7) is 0. The topological polar surface area (TPSA) is 0 Å². The summed E-state index contributed by atoms with van der Waals surface area (Å²) in [6.07, 6.45) is 0. The van der Waals surface area contributed by atoms with Crippen LogP contribution in [-0.2, 0) is 0 Å². The van der Waals surface area contributed by atoms with E-state index in [1.807, 2.05) is 0 Å². The fraction of sp³-hybridized carbons (Fsp3) is 0. The van der Waals surface area contributed by atoms with E-state index in [0.717, 1.165) is 0 Å². The molecule has 0 aliphatic carbocycles. The zero-order valence-corrected chi connectivity index (χ0v) is 4.11. The first-order chi connectivity index (χ1) is 0. The van der Waals surface area contributed by atoms with Gasteiger partial charge in [-0.05, 0) is 0 Å². The predicted molar refractivity (Wildman–Crippen MR) is 17.2 cm³/mol. The van der Waals surface area contributed by atoms with Crippen molar-refractivity contribution >= 4 is 29.6 Å². The Balaban J connectivity index is 0. The van der Waals surface area contributed by atoms with Gasteiger partial charge in [0.2, 0.25) is 0 Å². The summed E-state index contributed by atoms with van der Waals surface area (Å²) in [4.78, 5) is 0. The molecule has 0 spiro atoms. The van der Waals surface area contributed by atoms with E-state index in [1.165, 1.54) is 0 Å². The maximum Gasteiger partial charge on any atom is 0 e. The summed E-state index contributed by atoms with van der Waals surface area (Å²) >= 11 is 0. The van der Waals surface area contributed by atoms with Crippen molar-refractivity contribution in [3.63, 3.8) is 0 Å². The molecule has 0 aromatic heterocycles. The van der Waals surface area contributed by atoms with Gasteiger partial charge in [-0.3, -0.25) is 18.8 Å². The van der Waals surface area contributed by atoms with Crippen LogP contribution in [-0.4, -0.2) is 29.6 Å². The first-order valence-electron chi connectivity index (χ1n) is 0. The molecule has 0 aromatic rings. The molecular formula is H5F4NaTb. The second-order valence-corrected chi connectivity index (χ2v) is 0. The Morgan fingerprint density at radius 1 is 0.500 bits per heavy atom. The van der Waals surface area contributed by atoms with Crippen LogP contribution < -0.4 is 0 Å². The molecule has 0 bridgehead atoms. The maximum atomic E-state index is 0. The number of hydrogen-bond acceptors (Lipinski definition) is 0. The van der Waals surface area contributed by atoms with Gasteiger partial charge in [-0.1, -0.05) is 0 Å². The molecule has 0 N–H and O–H groups in total. The Morgan fingerprint density at radius 2 is 0.500 bits per heavy atom. The quantitative estimate of drug-likeness (QED) is 0.425. The van der Waals surface area contributed by atoms with Crippen molar-refractivity contribution in [1.82, 2.24) is 0 Å². The summed E-state index contributed by atoms with van der Waals surface area (Å²) in [6, 6.07) is 0. The van der Waals surface area contributed by atoms with Gasteiger partial charge in [0.05, 0.1) is 0 Å². The maximum absolute atomic E-state index is 0. The summed E-state index contributed by atoms with van der Waals surface area (Å²) in [7, 11) is 0. The van der Waals surface area contributed by atoms with Crippen LogP contribution in [0.5, 0.6) is 0 Å². The molecule has 6 heavy (non-hydrogen) atoms. The molecule has 0 rings (SSSR count). The summed E-state index contributed by atoms with van der Waals surface area (Å²) in [5.74, 6) is 0. The smallest absolute Gasteiger partial charge is 0 e. The van der Waals surface area contributed by atoms with Gasteiger partial charge in [-0.2, -0.15) is 0 Å². The molecule has 0 heterocycles. The number of hydrogen-bond donors (Lipinski definition) is 0. The van der Waals surface area contributed by atoms with Gasteiger partial charge in [0, 0.05) is 38.6 Å². The number of halogens is 4. The third-order valence-electron chi connectivity index (χ3n) is 0. The van der Waals surface area contributed by atoms with E-state index in [2.05, 4.69) is 0 Å². The molecule has 0 atom stereocenters. The molecule has 0 amide bonds. The minimum atomic E-state index is 0. The van der Waals surface area contributed by atoms with Gasteiger partial charge in [-0.25, -0.2) is 0 Å². The van der Waals surface area contributed by atoms with Crippen molar-refractivity contribution in [2.24, 2.45) is 0 Å². The molecule has 0 aliphatic rings. The van der Waals surface area contributed by atoms with Crippen molar-refractivity contribution in [2.75, 3.05) is 0 Å². The van der Waals surface area contributed by atoms with Gasteiger partial charge in [0.1, 0.15) is 0 Å². The van der Waals surface area contributed by atoms with Crippen LogP contribution in [0.4, 0.5) is 18.8 Å². The second-order valence-electron chi connectivity index (χ2n) is 0. The van der Waals surface area contributed by atoms with Crippen LogP contribution >= 0.6 is 0 Å². The van der Waals surface area contributed by atoms with E-state index in [4.69, 9.17) is 0 Å². The third-order valence-corrected chi connectivity index (χ3v) is 0. The molecule has 0 aromatic carbocycles. The zero-order valence-electron chi connectivity index (χ0n) is 1.97. The van der Waals surface area contributed by atoms with E-state index in [9.17, 15) is 0 Å². The minimum Gasteiger partial charge on any atom is 0 e. The predicted octanol–water partition coefficient (Wildman–Crippen LogP) is -0.0385. The Morgan fingerprint density at radius 3 is 0.500 bits per heavy atom. The molecule has 1 radical (unpaired) electrons. The van der Waals surface area contributed by atoms with Crippen LogP contribution in [0.1, 0.15) is 0 Å². The fourth-order valence-corrected chi connectivity index (χ4v) is 0. The van der Waals surface area contributed by atoms with Gasteiger partial charge < -0.3 is 0 Å². The summed E-state index contributed by atoms with van der Waals surface area (Å²) < 4.78 is 0. The number of rotatable bonds is 0. The monoisotopic (exact) mass is 263 g/mol. The van der Waals surface area contributed by atoms with Crippen molar-refractivity contribution < 1.29 is 57.4 Å². The fourth-order valence-electron chi connectivity index (χ4n) is 0. The minimum absolute atomic E-state index is 0. The Kier molecular flexibility index (Phi) is 1020.